The van der Waals surface area contributed by atoms with Crippen molar-refractivity contribution in [3.63, 3.8) is 0 Å². The number of rotatable bonds is 7. The number of aryl methyl sites for hydroxylation is 1. The number of nitrogens with one attached hydrogen (secondary N) is 1. The SMILES string of the molecule is CCOC(=O)c1c(C)[nH]c2c(-c3cc(F)c(OC)cc3OCC3CC3)ncnc12. The van der Waals surface area contributed by atoms with Crippen LogP contribution in [0.1, 0.15) is 35.8 Å². The highest BCUT2D eigenvalue weighted by molar-refractivity contribution is 6.07. The lowest BCUT2D eigenvalue weighted by Gasteiger charge is -2.14. The zero-order chi connectivity index (χ0) is 20.5. The van der Waals surface area contributed by atoms with Gasteiger partial charge >= 0.3 is 5.97 Å². The summed E-state index contributed by atoms with van der Waals surface area (Å²) >= 11 is 0. The van der Waals surface area contributed by atoms with Crippen LogP contribution >= 0.6 is 0 Å². The summed E-state index contributed by atoms with van der Waals surface area (Å²) in [6, 6.07) is 2.87. The van der Waals surface area contributed by atoms with Gasteiger partial charge in [-0.25, -0.2) is 19.2 Å². The Morgan fingerprint density at radius 1 is 1.28 bits per heavy atom. The highest BCUT2D eigenvalue weighted by Crippen LogP contribution is 2.39. The van der Waals surface area contributed by atoms with Gasteiger partial charge in [-0.1, -0.05) is 0 Å². The third kappa shape index (κ3) is 3.62. The lowest BCUT2D eigenvalue weighted by atomic mass is 10.1. The van der Waals surface area contributed by atoms with Crippen molar-refractivity contribution in [3.8, 4) is 22.8 Å². The zero-order valence-electron chi connectivity index (χ0n) is 16.5. The van der Waals surface area contributed by atoms with Gasteiger partial charge in [0.05, 0.1) is 25.8 Å². The molecule has 0 unspecified atom stereocenters. The fourth-order valence-corrected chi connectivity index (χ4v) is 3.27. The number of aromatic amines is 1. The van der Waals surface area contributed by atoms with E-state index in [4.69, 9.17) is 14.2 Å². The molecule has 1 N–H and O–H groups in total. The minimum atomic E-state index is -0.526. The summed E-state index contributed by atoms with van der Waals surface area (Å²) in [5.41, 5.74) is 2.81. The maximum absolute atomic E-state index is 14.5. The van der Waals surface area contributed by atoms with Crippen molar-refractivity contribution in [1.82, 2.24) is 15.0 Å². The van der Waals surface area contributed by atoms with Crippen LogP contribution in [-0.4, -0.2) is 41.2 Å². The summed E-state index contributed by atoms with van der Waals surface area (Å²) in [6.07, 6.45) is 3.61. The smallest absolute Gasteiger partial charge is 0.342 e. The number of fused-ring (bicyclic) bond motifs is 1. The molecule has 29 heavy (non-hydrogen) atoms. The Morgan fingerprint density at radius 2 is 2.07 bits per heavy atom. The Balaban J connectivity index is 1.86. The van der Waals surface area contributed by atoms with Crippen molar-refractivity contribution in [2.75, 3.05) is 20.3 Å². The highest BCUT2D eigenvalue weighted by Gasteiger charge is 2.26. The number of benzene rings is 1. The van der Waals surface area contributed by atoms with Gasteiger partial charge in [0.25, 0.3) is 0 Å². The number of hydrogen-bond acceptors (Lipinski definition) is 6. The van der Waals surface area contributed by atoms with Gasteiger partial charge < -0.3 is 19.2 Å². The predicted octanol–water partition coefficient (Wildman–Crippen LogP) is 4.05. The van der Waals surface area contributed by atoms with Crippen molar-refractivity contribution in [2.24, 2.45) is 5.92 Å². The molecule has 1 aliphatic rings. The second-order valence-electron chi connectivity index (χ2n) is 7.03. The number of ether oxygens (including phenoxy) is 3. The molecule has 0 aliphatic heterocycles. The number of methoxy groups -OCH3 is 1. The maximum Gasteiger partial charge on any atom is 0.342 e. The van der Waals surface area contributed by atoms with Gasteiger partial charge in [0, 0.05) is 17.3 Å². The number of hydrogen-bond donors (Lipinski definition) is 1. The van der Waals surface area contributed by atoms with E-state index in [-0.39, 0.29) is 12.4 Å². The van der Waals surface area contributed by atoms with Crippen LogP contribution in [0.3, 0.4) is 0 Å². The Hall–Kier alpha value is -3.16. The Morgan fingerprint density at radius 3 is 2.76 bits per heavy atom. The molecule has 8 heteroatoms. The van der Waals surface area contributed by atoms with Gasteiger partial charge in [-0.05, 0) is 38.7 Å². The lowest BCUT2D eigenvalue weighted by molar-refractivity contribution is 0.0527. The molecular formula is C21H22FN3O4. The van der Waals surface area contributed by atoms with Gasteiger partial charge in [0.2, 0.25) is 0 Å². The fourth-order valence-electron chi connectivity index (χ4n) is 3.27. The summed E-state index contributed by atoms with van der Waals surface area (Å²) in [5.74, 6) is 0.0984. The highest BCUT2D eigenvalue weighted by atomic mass is 19.1. The van der Waals surface area contributed by atoms with E-state index in [1.807, 2.05) is 0 Å². The molecule has 4 rings (SSSR count). The molecule has 1 saturated carbocycles. The van der Waals surface area contributed by atoms with E-state index in [2.05, 4.69) is 15.0 Å². The molecule has 7 nitrogen and oxygen atoms in total. The minimum Gasteiger partial charge on any atom is -0.494 e. The molecule has 1 aliphatic carbocycles. The van der Waals surface area contributed by atoms with Crippen LogP contribution in [0.5, 0.6) is 11.5 Å². The minimum absolute atomic E-state index is 0.0970. The number of esters is 1. The van der Waals surface area contributed by atoms with Crippen molar-refractivity contribution >= 4 is 17.0 Å². The zero-order valence-corrected chi connectivity index (χ0v) is 16.5. The summed E-state index contributed by atoms with van der Waals surface area (Å²) in [4.78, 5) is 24.1. The first-order chi connectivity index (χ1) is 14.0. The quantitative estimate of drug-likeness (QED) is 0.603. The van der Waals surface area contributed by atoms with E-state index in [1.165, 1.54) is 25.6 Å². The number of carbonyl (C=O) groups is 1. The second kappa shape index (κ2) is 7.69. The maximum atomic E-state index is 14.5. The van der Waals surface area contributed by atoms with E-state index < -0.39 is 11.8 Å². The third-order valence-electron chi connectivity index (χ3n) is 4.93. The van der Waals surface area contributed by atoms with Gasteiger partial charge in [-0.3, -0.25) is 0 Å². The fraction of sp³-hybridized carbons (Fsp3) is 0.381. The molecule has 0 atom stereocenters. The monoisotopic (exact) mass is 399 g/mol. The van der Waals surface area contributed by atoms with E-state index in [0.717, 1.165) is 12.8 Å². The molecule has 152 valence electrons. The van der Waals surface area contributed by atoms with Crippen molar-refractivity contribution in [1.29, 1.82) is 0 Å². The van der Waals surface area contributed by atoms with Crippen LogP contribution in [0.2, 0.25) is 0 Å². The van der Waals surface area contributed by atoms with Crippen LogP contribution in [0.25, 0.3) is 22.3 Å². The van der Waals surface area contributed by atoms with Gasteiger partial charge in [-0.2, -0.15) is 0 Å². The summed E-state index contributed by atoms with van der Waals surface area (Å²) in [5, 5.41) is 0. The molecule has 0 amide bonds. The van der Waals surface area contributed by atoms with Crippen LogP contribution in [0.4, 0.5) is 4.39 Å². The Bertz CT molecular complexity index is 1080. The van der Waals surface area contributed by atoms with Crippen molar-refractivity contribution in [3.05, 3.63) is 35.5 Å². The van der Waals surface area contributed by atoms with Crippen LogP contribution in [-0.2, 0) is 4.74 Å². The van der Waals surface area contributed by atoms with E-state index in [1.54, 1.807) is 13.8 Å². The number of halogens is 1. The second-order valence-corrected chi connectivity index (χ2v) is 7.03. The van der Waals surface area contributed by atoms with Crippen molar-refractivity contribution in [2.45, 2.75) is 26.7 Å². The van der Waals surface area contributed by atoms with E-state index >= 15 is 0 Å². The number of carbonyl (C=O) groups excluding carboxylic acids is 1. The first-order valence-corrected chi connectivity index (χ1v) is 9.54. The number of nitrogens with zero attached hydrogens (tertiary/aromatic N) is 2. The number of H-pyrrole nitrogens is 1. The molecule has 2 aromatic heterocycles. The van der Waals surface area contributed by atoms with E-state index in [9.17, 15) is 9.18 Å². The molecule has 1 fully saturated rings. The molecule has 0 spiro atoms. The summed E-state index contributed by atoms with van der Waals surface area (Å²) < 4.78 is 30.8. The van der Waals surface area contributed by atoms with Gasteiger partial charge in [0.15, 0.2) is 11.6 Å². The molecule has 0 saturated heterocycles. The lowest BCUT2D eigenvalue weighted by Crippen LogP contribution is -2.06. The molecule has 0 bridgehead atoms. The average molecular weight is 399 g/mol. The standard InChI is InChI=1S/C21H22FN3O4/c1-4-28-21(26)17-11(2)25-20-18(23-10-24-19(17)20)13-7-14(22)16(27-3)8-15(13)29-9-12-5-6-12/h7-8,10,12,25H,4-6,9H2,1-3H3. The molecule has 0 radical (unpaired) electrons. The van der Waals surface area contributed by atoms with Crippen LogP contribution < -0.4 is 9.47 Å². The molecule has 2 heterocycles. The molecular weight excluding hydrogens is 377 g/mol. The Labute approximate surface area is 167 Å². The van der Waals surface area contributed by atoms with Gasteiger partial charge in [-0.15, -0.1) is 0 Å². The molecule has 1 aromatic carbocycles. The van der Waals surface area contributed by atoms with E-state index in [0.29, 0.717) is 51.8 Å². The van der Waals surface area contributed by atoms with Crippen LogP contribution in [0, 0.1) is 18.7 Å². The third-order valence-corrected chi connectivity index (χ3v) is 4.93. The largest absolute Gasteiger partial charge is 0.494 e. The summed E-state index contributed by atoms with van der Waals surface area (Å²) in [6.45, 7) is 4.31. The first kappa shape index (κ1) is 19.2. The predicted molar refractivity (Wildman–Crippen MR) is 105 cm³/mol. The first-order valence-electron chi connectivity index (χ1n) is 9.54. The topological polar surface area (TPSA) is 86.3 Å². The normalized spacial score (nSPS) is 13.5. The summed E-state index contributed by atoms with van der Waals surface area (Å²) in [7, 11) is 1.41. The average Bonchev–Trinajstić information content (AvgIpc) is 3.46. The van der Waals surface area contributed by atoms with Crippen molar-refractivity contribution < 1.29 is 23.4 Å². The van der Waals surface area contributed by atoms with Gasteiger partial charge in [0.1, 0.15) is 28.9 Å². The van der Waals surface area contributed by atoms with Crippen LogP contribution in [0.15, 0.2) is 18.5 Å². The number of aromatic nitrogens is 3. The molecule has 3 aromatic rings. The Kier molecular flexibility index (Phi) is 5.08.